The van der Waals surface area contributed by atoms with Crippen LogP contribution in [0.4, 0.5) is 14.5 Å². The van der Waals surface area contributed by atoms with Crippen LogP contribution in [0.1, 0.15) is 23.0 Å². The predicted molar refractivity (Wildman–Crippen MR) is 108 cm³/mol. The van der Waals surface area contributed by atoms with E-state index in [1.54, 1.807) is 6.92 Å². The first-order valence-electron chi connectivity index (χ1n) is 9.52. The Bertz CT molecular complexity index is 957. The van der Waals surface area contributed by atoms with E-state index in [1.807, 2.05) is 0 Å². The number of alkyl halides is 1. The van der Waals surface area contributed by atoms with Gasteiger partial charge in [0, 0.05) is 23.8 Å². The summed E-state index contributed by atoms with van der Waals surface area (Å²) in [6.45, 7) is 1.25. The van der Waals surface area contributed by atoms with Crippen molar-refractivity contribution in [3.8, 4) is 5.88 Å². The number of carbonyl (C=O) groups is 1. The van der Waals surface area contributed by atoms with Crippen molar-refractivity contribution in [3.63, 3.8) is 0 Å². The maximum Gasteiger partial charge on any atom is 0.282 e. The highest BCUT2D eigenvalue weighted by atomic mass is 19.1. The summed E-state index contributed by atoms with van der Waals surface area (Å²) in [7, 11) is 1.43. The number of ether oxygens (including phenoxy) is 3. The molecule has 2 atom stereocenters. The first-order chi connectivity index (χ1) is 14.9. The molecule has 0 aliphatic carbocycles. The maximum atomic E-state index is 14.8. The Morgan fingerprint density at radius 3 is 2.84 bits per heavy atom. The van der Waals surface area contributed by atoms with Gasteiger partial charge in [0.25, 0.3) is 11.9 Å². The number of aliphatic imine (C=N–C) groups is 1. The van der Waals surface area contributed by atoms with Crippen LogP contribution in [-0.4, -0.2) is 55.5 Å². The van der Waals surface area contributed by atoms with Crippen LogP contribution < -0.4 is 15.8 Å². The van der Waals surface area contributed by atoms with Gasteiger partial charge in [-0.25, -0.2) is 23.7 Å². The van der Waals surface area contributed by atoms with Crippen LogP contribution in [0.25, 0.3) is 0 Å². The van der Waals surface area contributed by atoms with Gasteiger partial charge < -0.3 is 25.3 Å². The molecule has 2 heterocycles. The number of carbonyl (C=O) groups excluding carboxylic acids is 1. The molecule has 0 unspecified atom stereocenters. The summed E-state index contributed by atoms with van der Waals surface area (Å²) in [5, 5.41) is 2.60. The maximum absolute atomic E-state index is 14.8. The first-order valence-corrected chi connectivity index (χ1v) is 9.52. The number of amidine groups is 1. The summed E-state index contributed by atoms with van der Waals surface area (Å²) in [5.74, 6) is -1.65. The fraction of sp³-hybridized carbons (Fsp3) is 0.400. The average molecular weight is 435 g/mol. The Balaban J connectivity index is 1.94. The Morgan fingerprint density at radius 2 is 2.19 bits per heavy atom. The van der Waals surface area contributed by atoms with Crippen LogP contribution in [0.2, 0.25) is 0 Å². The second kappa shape index (κ2) is 9.65. The lowest BCUT2D eigenvalue weighted by molar-refractivity contribution is 0.0200. The zero-order chi connectivity index (χ0) is 22.4. The number of nitrogens with two attached hydrogens (primary N) is 1. The average Bonchev–Trinajstić information content (AvgIpc) is 2.79. The topological polar surface area (TPSA) is 121 Å². The number of rotatable bonds is 8. The van der Waals surface area contributed by atoms with E-state index in [0.29, 0.717) is 6.61 Å². The van der Waals surface area contributed by atoms with Gasteiger partial charge in [0.05, 0.1) is 32.7 Å². The highest BCUT2D eigenvalue weighted by Crippen LogP contribution is 2.40. The van der Waals surface area contributed by atoms with Crippen LogP contribution in [-0.2, 0) is 15.0 Å². The minimum Gasteiger partial charge on any atom is -0.480 e. The second-order valence-electron chi connectivity index (χ2n) is 6.77. The van der Waals surface area contributed by atoms with Gasteiger partial charge in [-0.15, -0.1) is 0 Å². The molecule has 166 valence electrons. The Labute approximate surface area is 177 Å². The second-order valence-corrected chi connectivity index (χ2v) is 6.77. The molecule has 1 aliphatic rings. The zero-order valence-corrected chi connectivity index (χ0v) is 17.1. The number of aromatic nitrogens is 2. The van der Waals surface area contributed by atoms with E-state index in [9.17, 15) is 13.6 Å². The molecule has 1 aromatic carbocycles. The number of methoxy groups -OCH3 is 1. The van der Waals surface area contributed by atoms with Crippen molar-refractivity contribution >= 4 is 17.6 Å². The van der Waals surface area contributed by atoms with Crippen LogP contribution in [0.3, 0.4) is 0 Å². The van der Waals surface area contributed by atoms with E-state index in [2.05, 4.69) is 20.3 Å². The van der Waals surface area contributed by atoms with Crippen molar-refractivity contribution in [2.45, 2.75) is 12.5 Å². The van der Waals surface area contributed by atoms with Crippen LogP contribution in [0, 0.1) is 11.7 Å². The lowest BCUT2D eigenvalue weighted by Gasteiger charge is -2.38. The van der Waals surface area contributed by atoms with Crippen molar-refractivity contribution < 1.29 is 27.8 Å². The fourth-order valence-corrected chi connectivity index (χ4v) is 3.25. The molecule has 11 heteroatoms. The van der Waals surface area contributed by atoms with E-state index in [4.69, 9.17) is 19.9 Å². The third-order valence-corrected chi connectivity index (χ3v) is 4.90. The summed E-state index contributed by atoms with van der Waals surface area (Å²) in [6.07, 6.45) is 2.53. The molecule has 0 radical (unpaired) electrons. The predicted octanol–water partition coefficient (Wildman–Crippen LogP) is 2.04. The number of nitrogens with one attached hydrogen (secondary N) is 1. The number of benzene rings is 1. The molecule has 0 spiro atoms. The van der Waals surface area contributed by atoms with Gasteiger partial charge in [0.1, 0.15) is 23.7 Å². The number of halogens is 2. The normalized spacial score (nSPS) is 20.5. The minimum atomic E-state index is -1.65. The number of hydrogen-bond acceptors (Lipinski definition) is 8. The van der Waals surface area contributed by atoms with Crippen LogP contribution in [0.15, 0.2) is 35.6 Å². The highest BCUT2D eigenvalue weighted by molar-refractivity contribution is 6.02. The molecular formula is C20H23F2N5O4. The van der Waals surface area contributed by atoms with Crippen LogP contribution >= 0.6 is 0 Å². The SMILES string of the molecule is CCOC[C@H]1COC(N)=N[C@]1(CF)c1cc(NC(=O)c2cnc(OC)cn2)ccc1F. The van der Waals surface area contributed by atoms with Crippen LogP contribution in [0.5, 0.6) is 5.88 Å². The molecular weight excluding hydrogens is 412 g/mol. The molecule has 2 aromatic rings. The molecule has 0 fully saturated rings. The summed E-state index contributed by atoms with van der Waals surface area (Å²) in [6, 6.07) is 3.56. The van der Waals surface area contributed by atoms with E-state index < -0.39 is 29.9 Å². The molecule has 1 aromatic heterocycles. The molecule has 31 heavy (non-hydrogen) atoms. The summed E-state index contributed by atoms with van der Waals surface area (Å²) in [4.78, 5) is 24.5. The smallest absolute Gasteiger partial charge is 0.282 e. The van der Waals surface area contributed by atoms with Gasteiger partial charge in [-0.2, -0.15) is 0 Å². The van der Waals surface area contributed by atoms with Gasteiger partial charge in [-0.3, -0.25) is 4.79 Å². The van der Waals surface area contributed by atoms with Crippen molar-refractivity contribution in [2.75, 3.05) is 38.9 Å². The monoisotopic (exact) mass is 435 g/mol. The van der Waals surface area contributed by atoms with E-state index >= 15 is 0 Å². The lowest BCUT2D eigenvalue weighted by atomic mass is 9.79. The summed E-state index contributed by atoms with van der Waals surface area (Å²) < 4.78 is 44.8. The zero-order valence-electron chi connectivity index (χ0n) is 17.1. The molecule has 3 N–H and O–H groups in total. The van der Waals surface area contributed by atoms with E-state index in [0.717, 1.165) is 6.07 Å². The quantitative estimate of drug-likeness (QED) is 0.651. The highest BCUT2D eigenvalue weighted by Gasteiger charge is 2.46. The third kappa shape index (κ3) is 4.71. The number of nitrogens with zero attached hydrogens (tertiary/aromatic N) is 3. The molecule has 0 bridgehead atoms. The van der Waals surface area contributed by atoms with Gasteiger partial charge in [0.2, 0.25) is 5.88 Å². The summed E-state index contributed by atoms with van der Waals surface area (Å²) in [5.41, 5.74) is 4.22. The molecule has 1 aliphatic heterocycles. The Hall–Kier alpha value is -3.34. The molecule has 0 saturated heterocycles. The molecule has 1 amide bonds. The number of anilines is 1. The van der Waals surface area contributed by atoms with Crippen molar-refractivity contribution in [1.82, 2.24) is 9.97 Å². The van der Waals surface area contributed by atoms with Gasteiger partial charge >= 0.3 is 0 Å². The molecule has 3 rings (SSSR count). The molecule has 9 nitrogen and oxygen atoms in total. The molecule has 0 saturated carbocycles. The van der Waals surface area contributed by atoms with Crippen molar-refractivity contribution in [3.05, 3.63) is 47.7 Å². The standard InChI is InChI=1S/C20H23F2N5O4/c1-3-30-9-12-10-31-19(23)27-20(12,11-21)14-6-13(4-5-15(14)22)26-18(28)16-7-25-17(29-2)8-24-16/h4-8,12H,3,9-11H2,1-2H3,(H2,23,27)(H,26,28)/t12-,20-/m0/s1. The number of amides is 1. The van der Waals surface area contributed by atoms with Gasteiger partial charge in [-0.05, 0) is 25.1 Å². The minimum absolute atomic E-state index is 0.0106. The first kappa shape index (κ1) is 22.3. The largest absolute Gasteiger partial charge is 0.480 e. The van der Waals surface area contributed by atoms with Gasteiger partial charge in [-0.1, -0.05) is 0 Å². The number of hydrogen-bond donors (Lipinski definition) is 2. The van der Waals surface area contributed by atoms with E-state index in [1.165, 1.54) is 31.6 Å². The fourth-order valence-electron chi connectivity index (χ4n) is 3.25. The van der Waals surface area contributed by atoms with E-state index in [-0.39, 0.29) is 42.1 Å². The van der Waals surface area contributed by atoms with Crippen molar-refractivity contribution in [2.24, 2.45) is 16.6 Å². The van der Waals surface area contributed by atoms with Gasteiger partial charge in [0.15, 0.2) is 0 Å². The Kier molecular flexibility index (Phi) is 6.95. The third-order valence-electron chi connectivity index (χ3n) is 4.90. The van der Waals surface area contributed by atoms with Crippen molar-refractivity contribution in [1.29, 1.82) is 0 Å². The summed E-state index contributed by atoms with van der Waals surface area (Å²) >= 11 is 0. The lowest BCUT2D eigenvalue weighted by Crippen LogP contribution is -2.47. The Morgan fingerprint density at radius 1 is 1.39 bits per heavy atom.